The summed E-state index contributed by atoms with van der Waals surface area (Å²) in [6.07, 6.45) is -0.307. The average molecular weight is 570 g/mol. The highest BCUT2D eigenvalue weighted by Crippen LogP contribution is 2.30. The third-order valence-corrected chi connectivity index (χ3v) is 8.48. The predicted molar refractivity (Wildman–Crippen MR) is 152 cm³/mol. The van der Waals surface area contributed by atoms with Crippen LogP contribution >= 0.6 is 0 Å². The van der Waals surface area contributed by atoms with E-state index in [0.29, 0.717) is 24.4 Å². The minimum atomic E-state index is -3.98. The summed E-state index contributed by atoms with van der Waals surface area (Å²) in [5.41, 5.74) is 1.96. The molecule has 10 heteroatoms. The molecule has 3 atom stereocenters. The number of likely N-dealkylation sites (N-methyl/N-ethyl adjacent to an activating group) is 1. The molecule has 0 aliphatic carbocycles. The largest absolute Gasteiger partial charge is 0.488 e. The van der Waals surface area contributed by atoms with Gasteiger partial charge in [0.1, 0.15) is 17.7 Å². The number of hydrogen-bond acceptors (Lipinski definition) is 6. The van der Waals surface area contributed by atoms with Gasteiger partial charge in [0.15, 0.2) is 0 Å². The van der Waals surface area contributed by atoms with Crippen molar-refractivity contribution in [2.24, 2.45) is 5.92 Å². The van der Waals surface area contributed by atoms with Crippen LogP contribution in [0.15, 0.2) is 77.7 Å². The summed E-state index contributed by atoms with van der Waals surface area (Å²) in [5.74, 6) is -0.276. The van der Waals surface area contributed by atoms with Crippen molar-refractivity contribution in [3.05, 3.63) is 89.7 Å². The number of amides is 1. The molecule has 4 rings (SSSR count). The van der Waals surface area contributed by atoms with Crippen LogP contribution in [0, 0.1) is 11.7 Å². The number of anilines is 1. The number of halogens is 1. The highest BCUT2D eigenvalue weighted by Gasteiger charge is 2.31. The number of aliphatic hydroxyl groups is 1. The first-order chi connectivity index (χ1) is 19.1. The highest BCUT2D eigenvalue weighted by atomic mass is 32.2. The number of rotatable bonds is 9. The molecule has 40 heavy (non-hydrogen) atoms. The SMILES string of the molecule is C[C@H]1CN([C@@H](C)CO)C(=O)Cc2cc(NS(=O)(=O)c3ccc(F)cc3)ccc2O[C@H]1CN(C)Cc1ccccc1. The van der Waals surface area contributed by atoms with Crippen LogP contribution in [-0.2, 0) is 27.8 Å². The third-order valence-electron chi connectivity index (χ3n) is 7.08. The first-order valence-corrected chi connectivity index (χ1v) is 14.7. The second kappa shape index (κ2) is 12.8. The molecule has 1 heterocycles. The Morgan fingerprint density at radius 3 is 2.50 bits per heavy atom. The molecule has 214 valence electrons. The minimum absolute atomic E-state index is 0.0227. The molecule has 1 aliphatic rings. The van der Waals surface area contributed by atoms with Gasteiger partial charge in [-0.25, -0.2) is 12.8 Å². The first kappa shape index (κ1) is 29.5. The lowest BCUT2D eigenvalue weighted by Crippen LogP contribution is -2.47. The number of benzene rings is 3. The lowest BCUT2D eigenvalue weighted by molar-refractivity contribution is -0.134. The van der Waals surface area contributed by atoms with E-state index in [4.69, 9.17) is 4.74 Å². The van der Waals surface area contributed by atoms with Gasteiger partial charge in [0.05, 0.1) is 24.0 Å². The molecule has 0 saturated carbocycles. The van der Waals surface area contributed by atoms with E-state index in [0.717, 1.165) is 18.7 Å². The minimum Gasteiger partial charge on any atom is -0.488 e. The van der Waals surface area contributed by atoms with E-state index in [-0.39, 0.29) is 47.6 Å². The fraction of sp³-hybridized carbons (Fsp3) is 0.367. The molecule has 2 N–H and O–H groups in total. The third kappa shape index (κ3) is 7.38. The van der Waals surface area contributed by atoms with Gasteiger partial charge >= 0.3 is 0 Å². The number of carbonyl (C=O) groups is 1. The summed E-state index contributed by atoms with van der Waals surface area (Å²) in [4.78, 5) is 17.2. The van der Waals surface area contributed by atoms with E-state index in [1.165, 1.54) is 17.7 Å². The highest BCUT2D eigenvalue weighted by molar-refractivity contribution is 7.92. The van der Waals surface area contributed by atoms with Gasteiger partial charge in [-0.15, -0.1) is 0 Å². The Kier molecular flexibility index (Phi) is 9.44. The zero-order valence-electron chi connectivity index (χ0n) is 23.0. The first-order valence-electron chi connectivity index (χ1n) is 13.3. The Labute approximate surface area is 235 Å². The van der Waals surface area contributed by atoms with E-state index < -0.39 is 15.8 Å². The van der Waals surface area contributed by atoms with Crippen LogP contribution in [0.3, 0.4) is 0 Å². The number of aliphatic hydroxyl groups excluding tert-OH is 1. The molecule has 0 saturated heterocycles. The molecule has 3 aromatic rings. The zero-order chi connectivity index (χ0) is 28.9. The van der Waals surface area contributed by atoms with Crippen molar-refractivity contribution in [3.8, 4) is 5.75 Å². The summed E-state index contributed by atoms with van der Waals surface area (Å²) in [6.45, 7) is 5.37. The van der Waals surface area contributed by atoms with Crippen molar-refractivity contribution in [3.63, 3.8) is 0 Å². The van der Waals surface area contributed by atoms with Crippen LogP contribution in [0.5, 0.6) is 5.75 Å². The normalized spacial score (nSPS) is 18.8. The summed E-state index contributed by atoms with van der Waals surface area (Å²) in [6, 6.07) is 19.1. The predicted octanol–water partition coefficient (Wildman–Crippen LogP) is 3.91. The van der Waals surface area contributed by atoms with Crippen molar-refractivity contribution in [2.45, 2.75) is 43.9 Å². The van der Waals surface area contributed by atoms with Gasteiger partial charge in [0, 0.05) is 36.8 Å². The average Bonchev–Trinajstić information content (AvgIpc) is 2.96. The van der Waals surface area contributed by atoms with Gasteiger partial charge in [0.25, 0.3) is 10.0 Å². The Morgan fingerprint density at radius 2 is 1.82 bits per heavy atom. The molecular formula is C30H36FN3O5S. The topological polar surface area (TPSA) is 99.2 Å². The standard InChI is InChI=1S/C30H36FN3O5S/c1-21-17-34(22(2)20-35)30(36)16-24-15-26(32-40(37,38)27-12-9-25(31)10-13-27)11-14-28(24)39-29(21)19-33(3)18-23-7-5-4-6-8-23/h4-15,21-22,29,32,35H,16-20H2,1-3H3/t21-,22-,29-/m0/s1. The van der Waals surface area contributed by atoms with Crippen molar-refractivity contribution in [1.29, 1.82) is 0 Å². The summed E-state index contributed by atoms with van der Waals surface area (Å²) in [5, 5.41) is 9.86. The van der Waals surface area contributed by atoms with Gasteiger partial charge in [-0.05, 0) is 62.0 Å². The van der Waals surface area contributed by atoms with Gasteiger partial charge in [-0.2, -0.15) is 0 Å². The van der Waals surface area contributed by atoms with Gasteiger partial charge in [-0.1, -0.05) is 37.3 Å². The molecule has 1 amide bonds. The molecular weight excluding hydrogens is 533 g/mol. The summed E-state index contributed by atoms with van der Waals surface area (Å²) >= 11 is 0. The molecule has 8 nitrogen and oxygen atoms in total. The molecule has 0 radical (unpaired) electrons. The van der Waals surface area contributed by atoms with E-state index in [1.807, 2.05) is 32.2 Å². The Hall–Kier alpha value is -3.47. The maximum Gasteiger partial charge on any atom is 0.261 e. The van der Waals surface area contributed by atoms with Gasteiger partial charge in [0.2, 0.25) is 5.91 Å². The van der Waals surface area contributed by atoms with Gasteiger partial charge < -0.3 is 14.7 Å². The monoisotopic (exact) mass is 569 g/mol. The number of nitrogens with one attached hydrogen (secondary N) is 1. The van der Waals surface area contributed by atoms with Crippen molar-refractivity contribution < 1.29 is 27.4 Å². The second-order valence-electron chi connectivity index (χ2n) is 10.5. The van der Waals surface area contributed by atoms with E-state index in [2.05, 4.69) is 21.8 Å². The lowest BCUT2D eigenvalue weighted by Gasteiger charge is -2.34. The number of ether oxygens (including phenoxy) is 1. The van der Waals surface area contributed by atoms with Crippen molar-refractivity contribution in [2.75, 3.05) is 31.5 Å². The number of fused-ring (bicyclic) bond motifs is 1. The number of nitrogens with zero attached hydrogens (tertiary/aromatic N) is 2. The Balaban J connectivity index is 1.63. The maximum atomic E-state index is 13.4. The van der Waals surface area contributed by atoms with Crippen molar-refractivity contribution >= 4 is 21.6 Å². The summed E-state index contributed by atoms with van der Waals surface area (Å²) in [7, 11) is -1.96. The van der Waals surface area contributed by atoms with Crippen LogP contribution in [0.2, 0.25) is 0 Å². The fourth-order valence-electron chi connectivity index (χ4n) is 4.81. The van der Waals surface area contributed by atoms with Crippen LogP contribution in [0.25, 0.3) is 0 Å². The number of sulfonamides is 1. The molecule has 0 spiro atoms. The van der Waals surface area contributed by atoms with Crippen LogP contribution in [0.4, 0.5) is 10.1 Å². The Bertz CT molecular complexity index is 1400. The zero-order valence-corrected chi connectivity index (χ0v) is 23.8. The second-order valence-corrected chi connectivity index (χ2v) is 12.1. The number of carbonyl (C=O) groups excluding carboxylic acids is 1. The molecule has 1 aliphatic heterocycles. The van der Waals surface area contributed by atoms with Crippen LogP contribution in [-0.4, -0.2) is 68.1 Å². The van der Waals surface area contributed by atoms with Gasteiger partial charge in [-0.3, -0.25) is 14.4 Å². The molecule has 0 bridgehead atoms. The quantitative estimate of drug-likeness (QED) is 0.406. The summed E-state index contributed by atoms with van der Waals surface area (Å²) < 4.78 is 48.1. The Morgan fingerprint density at radius 1 is 1.12 bits per heavy atom. The number of hydrogen-bond donors (Lipinski definition) is 2. The van der Waals surface area contributed by atoms with E-state index >= 15 is 0 Å². The smallest absolute Gasteiger partial charge is 0.261 e. The van der Waals surface area contributed by atoms with Crippen LogP contribution in [0.1, 0.15) is 25.0 Å². The van der Waals surface area contributed by atoms with Crippen molar-refractivity contribution in [1.82, 2.24) is 9.80 Å². The maximum absolute atomic E-state index is 13.4. The lowest BCUT2D eigenvalue weighted by atomic mass is 10.0. The van der Waals surface area contributed by atoms with Crippen LogP contribution < -0.4 is 9.46 Å². The molecule has 0 fully saturated rings. The van der Waals surface area contributed by atoms with E-state index in [1.54, 1.807) is 30.0 Å². The molecule has 0 unspecified atom stereocenters. The molecule has 0 aromatic heterocycles. The fourth-order valence-corrected chi connectivity index (χ4v) is 5.86. The molecule has 3 aromatic carbocycles. The van der Waals surface area contributed by atoms with E-state index in [9.17, 15) is 22.7 Å².